The normalized spacial score (nSPS) is 11.6. The molecule has 5 aromatic rings. The van der Waals surface area contributed by atoms with E-state index >= 15 is 0 Å². The lowest BCUT2D eigenvalue weighted by Crippen LogP contribution is -2.11. The van der Waals surface area contributed by atoms with E-state index in [1.54, 1.807) is 29.0 Å². The van der Waals surface area contributed by atoms with E-state index in [9.17, 15) is 10.1 Å². The van der Waals surface area contributed by atoms with Crippen LogP contribution in [0.2, 0.25) is 0 Å². The molecule has 0 aliphatic carbocycles. The van der Waals surface area contributed by atoms with E-state index < -0.39 is 0 Å². The molecule has 0 bridgehead atoms. The van der Waals surface area contributed by atoms with Crippen molar-refractivity contribution >= 4 is 22.6 Å². The molecule has 7 heteroatoms. The summed E-state index contributed by atoms with van der Waals surface area (Å²) in [5.74, 6) is 1.42. The van der Waals surface area contributed by atoms with Crippen LogP contribution >= 0.6 is 0 Å². The fraction of sp³-hybridized carbons (Fsp3) is 0.133. The van der Waals surface area contributed by atoms with Gasteiger partial charge in [0, 0.05) is 17.3 Å². The maximum Gasteiger partial charge on any atom is 0.259 e. The summed E-state index contributed by atoms with van der Waals surface area (Å²) in [7, 11) is 0. The van der Waals surface area contributed by atoms with Crippen molar-refractivity contribution in [2.24, 2.45) is 5.92 Å². The molecule has 5 rings (SSSR count). The van der Waals surface area contributed by atoms with E-state index in [4.69, 9.17) is 9.84 Å². The van der Waals surface area contributed by atoms with Gasteiger partial charge < -0.3 is 9.72 Å². The van der Waals surface area contributed by atoms with Crippen molar-refractivity contribution in [3.8, 4) is 28.8 Å². The zero-order valence-electron chi connectivity index (χ0n) is 20.6. The molecule has 182 valence electrons. The number of allylic oxidation sites excluding steroid dienone is 1. The third kappa shape index (κ3) is 5.19. The quantitative estimate of drug-likeness (QED) is 0.289. The highest BCUT2D eigenvalue weighted by Gasteiger charge is 2.15. The minimum atomic E-state index is -0.293. The minimum Gasteiger partial charge on any atom is -0.493 e. The zero-order chi connectivity index (χ0) is 25.8. The number of nitrogens with one attached hydrogen (secondary N) is 1. The number of para-hydroxylation sites is 2. The number of rotatable bonds is 7. The highest BCUT2D eigenvalue weighted by molar-refractivity contribution is 5.91. The Balaban J connectivity index is 1.60. The average molecular weight is 488 g/mol. The van der Waals surface area contributed by atoms with E-state index in [2.05, 4.69) is 29.9 Å². The number of benzene rings is 3. The second kappa shape index (κ2) is 10.3. The van der Waals surface area contributed by atoms with Crippen LogP contribution in [0.1, 0.15) is 25.2 Å². The Kier molecular flexibility index (Phi) is 6.64. The number of hydrogen-bond acceptors (Lipinski definition) is 5. The number of ether oxygens (including phenoxy) is 1. The van der Waals surface area contributed by atoms with Crippen molar-refractivity contribution in [1.82, 2.24) is 19.7 Å². The Hall–Kier alpha value is -4.96. The van der Waals surface area contributed by atoms with Crippen LogP contribution in [0.3, 0.4) is 0 Å². The number of aromatic nitrogens is 4. The molecule has 0 saturated carbocycles. The predicted molar refractivity (Wildman–Crippen MR) is 145 cm³/mol. The number of aromatic amines is 1. The molecule has 1 N–H and O–H groups in total. The third-order valence-corrected chi connectivity index (χ3v) is 5.76. The Morgan fingerprint density at radius 2 is 1.78 bits per heavy atom. The lowest BCUT2D eigenvalue weighted by Gasteiger charge is -2.09. The second-order valence-corrected chi connectivity index (χ2v) is 9.04. The first-order valence-electron chi connectivity index (χ1n) is 12.0. The second-order valence-electron chi connectivity index (χ2n) is 9.04. The van der Waals surface area contributed by atoms with Gasteiger partial charge in [-0.2, -0.15) is 10.4 Å². The summed E-state index contributed by atoms with van der Waals surface area (Å²) in [5.41, 5.74) is 3.63. The first kappa shape index (κ1) is 23.8. The number of nitrogens with zero attached hydrogens (tertiary/aromatic N) is 4. The molecule has 2 aromatic heterocycles. The van der Waals surface area contributed by atoms with Gasteiger partial charge in [-0.25, -0.2) is 9.67 Å². The molecule has 0 amide bonds. The third-order valence-electron chi connectivity index (χ3n) is 5.76. The van der Waals surface area contributed by atoms with E-state index in [0.29, 0.717) is 34.7 Å². The molecule has 0 aliphatic heterocycles. The Bertz CT molecular complexity index is 1670. The summed E-state index contributed by atoms with van der Waals surface area (Å²) >= 11 is 0. The van der Waals surface area contributed by atoms with Gasteiger partial charge in [0.05, 0.1) is 34.5 Å². The van der Waals surface area contributed by atoms with Gasteiger partial charge in [0.1, 0.15) is 11.8 Å². The first-order valence-corrected chi connectivity index (χ1v) is 12.0. The number of fused-ring (bicyclic) bond motifs is 1. The van der Waals surface area contributed by atoms with Crippen LogP contribution in [-0.2, 0) is 0 Å². The first-order chi connectivity index (χ1) is 18.0. The molecule has 3 aromatic carbocycles. The van der Waals surface area contributed by atoms with Crippen molar-refractivity contribution in [2.45, 2.75) is 13.8 Å². The summed E-state index contributed by atoms with van der Waals surface area (Å²) in [5, 5.41) is 15.3. The van der Waals surface area contributed by atoms with Gasteiger partial charge >= 0.3 is 0 Å². The monoisotopic (exact) mass is 487 g/mol. The molecule has 7 nitrogen and oxygen atoms in total. The van der Waals surface area contributed by atoms with E-state index in [0.717, 1.165) is 17.0 Å². The maximum atomic E-state index is 12.6. The van der Waals surface area contributed by atoms with Crippen LogP contribution in [-0.4, -0.2) is 26.4 Å². The molecule has 2 heterocycles. The molecule has 0 aliphatic rings. The number of nitriles is 1. The SMILES string of the molecule is CC(C)COc1ccc(-c2nn(-c3ccccc3)cc2/C=C(\C#N)c2nc3ccccc3c(=O)[nH]2)cc1. The fourth-order valence-electron chi connectivity index (χ4n) is 3.93. The molecule has 0 saturated heterocycles. The smallest absolute Gasteiger partial charge is 0.259 e. The van der Waals surface area contributed by atoms with Gasteiger partial charge in [-0.05, 0) is 60.5 Å². The van der Waals surface area contributed by atoms with Crippen molar-refractivity contribution in [1.29, 1.82) is 5.26 Å². The number of H-pyrrole nitrogens is 1. The maximum absolute atomic E-state index is 12.6. The van der Waals surface area contributed by atoms with Crippen LogP contribution < -0.4 is 10.3 Å². The fourth-order valence-corrected chi connectivity index (χ4v) is 3.93. The van der Waals surface area contributed by atoms with Gasteiger partial charge in [0.15, 0.2) is 5.82 Å². The van der Waals surface area contributed by atoms with E-state index in [1.165, 1.54) is 0 Å². The number of hydrogen-bond donors (Lipinski definition) is 1. The van der Waals surface area contributed by atoms with Gasteiger partial charge in [-0.1, -0.05) is 44.2 Å². The van der Waals surface area contributed by atoms with Gasteiger partial charge in [-0.15, -0.1) is 0 Å². The summed E-state index contributed by atoms with van der Waals surface area (Å²) in [6.45, 7) is 4.85. The van der Waals surface area contributed by atoms with Crippen LogP contribution in [0.15, 0.2) is 89.9 Å². The van der Waals surface area contributed by atoms with Crippen molar-refractivity contribution in [3.05, 3.63) is 107 Å². The Labute approximate surface area is 214 Å². The van der Waals surface area contributed by atoms with Crippen molar-refractivity contribution < 1.29 is 4.74 Å². The highest BCUT2D eigenvalue weighted by Crippen LogP contribution is 2.29. The summed E-state index contributed by atoms with van der Waals surface area (Å²) < 4.78 is 7.60. The molecule has 0 fully saturated rings. The largest absolute Gasteiger partial charge is 0.493 e. The standard InChI is InChI=1S/C30H25N5O2/c1-20(2)19-37-25-14-12-21(13-15-25)28-23(18-35(34-28)24-8-4-3-5-9-24)16-22(17-31)29-32-27-11-7-6-10-26(27)30(36)33-29/h3-16,18,20H,19H2,1-2H3,(H,32,33,36)/b22-16+. The van der Waals surface area contributed by atoms with Crippen LogP contribution in [0, 0.1) is 17.2 Å². The Morgan fingerprint density at radius 3 is 2.51 bits per heavy atom. The van der Waals surface area contributed by atoms with Crippen LogP contribution in [0.4, 0.5) is 0 Å². The molecule has 0 unspecified atom stereocenters. The Morgan fingerprint density at radius 1 is 1.05 bits per heavy atom. The van der Waals surface area contributed by atoms with Crippen LogP contribution in [0.5, 0.6) is 5.75 Å². The van der Waals surface area contributed by atoms with Gasteiger partial charge in [0.2, 0.25) is 0 Å². The molecule has 0 radical (unpaired) electrons. The van der Waals surface area contributed by atoms with Crippen LogP contribution in [0.25, 0.3) is 39.5 Å². The van der Waals surface area contributed by atoms with Crippen molar-refractivity contribution in [2.75, 3.05) is 6.61 Å². The molecule has 37 heavy (non-hydrogen) atoms. The van der Waals surface area contributed by atoms with E-state index in [-0.39, 0.29) is 17.0 Å². The summed E-state index contributed by atoms with van der Waals surface area (Å²) in [6, 6.07) is 26.7. The van der Waals surface area contributed by atoms with Crippen molar-refractivity contribution in [3.63, 3.8) is 0 Å². The summed E-state index contributed by atoms with van der Waals surface area (Å²) in [4.78, 5) is 19.9. The molecule has 0 atom stereocenters. The van der Waals surface area contributed by atoms with Gasteiger partial charge in [-0.3, -0.25) is 4.79 Å². The van der Waals surface area contributed by atoms with Gasteiger partial charge in [0.25, 0.3) is 5.56 Å². The molecular weight excluding hydrogens is 462 g/mol. The molecule has 0 spiro atoms. The average Bonchev–Trinajstić information content (AvgIpc) is 3.35. The topological polar surface area (TPSA) is 96.6 Å². The summed E-state index contributed by atoms with van der Waals surface area (Å²) in [6.07, 6.45) is 3.57. The predicted octanol–water partition coefficient (Wildman–Crippen LogP) is 5.87. The zero-order valence-corrected chi connectivity index (χ0v) is 20.6. The molecular formula is C30H25N5O2. The van der Waals surface area contributed by atoms with E-state index in [1.807, 2.05) is 66.9 Å². The lowest BCUT2D eigenvalue weighted by atomic mass is 10.1. The minimum absolute atomic E-state index is 0.210. The lowest BCUT2D eigenvalue weighted by molar-refractivity contribution is 0.271. The highest BCUT2D eigenvalue weighted by atomic mass is 16.5.